The molecule has 0 radical (unpaired) electrons. The molecule has 7 nitrogen and oxygen atoms in total. The number of para-hydroxylation sites is 1. The van der Waals surface area contributed by atoms with Gasteiger partial charge >= 0.3 is 5.69 Å². The van der Waals surface area contributed by atoms with Crippen LogP contribution in [0.1, 0.15) is 27.2 Å². The molecule has 2 N–H and O–H groups in total. The lowest BCUT2D eigenvalue weighted by molar-refractivity contribution is -0.386. The largest absolute Gasteiger partial charge is 0.393 e. The number of hydrogen-bond donors (Lipinski definition) is 1. The molecule has 0 saturated heterocycles. The molecule has 0 spiro atoms. The van der Waals surface area contributed by atoms with E-state index in [9.17, 15) is 18.5 Å². The van der Waals surface area contributed by atoms with Crippen molar-refractivity contribution in [3.63, 3.8) is 0 Å². The van der Waals surface area contributed by atoms with Gasteiger partial charge in [0.05, 0.1) is 4.92 Å². The first kappa shape index (κ1) is 16.4. The second kappa shape index (κ2) is 5.37. The Bertz CT molecular complexity index is 626. The first-order valence-electron chi connectivity index (χ1n) is 6.07. The standard InChI is InChI=1S/C12H19N3O4S/c1-5-12(2,3)14(4)20(18,19)10-8-6-7-9(13)11(10)15(16)17/h6-8H,5,13H2,1-4H3. The van der Waals surface area contributed by atoms with Crippen molar-refractivity contribution < 1.29 is 13.3 Å². The van der Waals surface area contributed by atoms with Gasteiger partial charge in [0.15, 0.2) is 4.90 Å². The highest BCUT2D eigenvalue weighted by molar-refractivity contribution is 7.89. The van der Waals surface area contributed by atoms with Crippen molar-refractivity contribution in [2.45, 2.75) is 37.6 Å². The van der Waals surface area contributed by atoms with Crippen LogP contribution in [0.15, 0.2) is 23.1 Å². The lowest BCUT2D eigenvalue weighted by Crippen LogP contribution is -2.44. The summed E-state index contributed by atoms with van der Waals surface area (Å²) in [6.07, 6.45) is 0.568. The van der Waals surface area contributed by atoms with Gasteiger partial charge in [0.1, 0.15) is 5.69 Å². The summed E-state index contributed by atoms with van der Waals surface area (Å²) in [4.78, 5) is 9.92. The minimum atomic E-state index is -4.00. The molecule has 112 valence electrons. The van der Waals surface area contributed by atoms with Crippen LogP contribution in [-0.2, 0) is 10.0 Å². The summed E-state index contributed by atoms with van der Waals surface area (Å²) in [6, 6.07) is 3.90. The van der Waals surface area contributed by atoms with Gasteiger partial charge in [-0.25, -0.2) is 8.42 Å². The van der Waals surface area contributed by atoms with Crippen LogP contribution in [0.25, 0.3) is 0 Å². The van der Waals surface area contributed by atoms with Crippen LogP contribution in [0.2, 0.25) is 0 Å². The number of nitrogens with zero attached hydrogens (tertiary/aromatic N) is 2. The normalized spacial score (nSPS) is 12.7. The molecule has 0 aromatic heterocycles. The topological polar surface area (TPSA) is 107 Å². The van der Waals surface area contributed by atoms with Crippen molar-refractivity contribution in [3.8, 4) is 0 Å². The van der Waals surface area contributed by atoms with Crippen LogP contribution >= 0.6 is 0 Å². The summed E-state index contributed by atoms with van der Waals surface area (Å²) < 4.78 is 26.3. The maximum Gasteiger partial charge on any atom is 0.312 e. The predicted molar refractivity (Wildman–Crippen MR) is 76.8 cm³/mol. The molecule has 0 atom stereocenters. The fourth-order valence-corrected chi connectivity index (χ4v) is 3.40. The van der Waals surface area contributed by atoms with Crippen LogP contribution in [0.4, 0.5) is 11.4 Å². The zero-order chi connectivity index (χ0) is 15.7. The van der Waals surface area contributed by atoms with E-state index in [0.29, 0.717) is 6.42 Å². The molecule has 1 aromatic carbocycles. The Morgan fingerprint density at radius 3 is 2.40 bits per heavy atom. The lowest BCUT2D eigenvalue weighted by Gasteiger charge is -2.33. The van der Waals surface area contributed by atoms with Gasteiger partial charge in [0, 0.05) is 12.6 Å². The second-order valence-corrected chi connectivity index (χ2v) is 7.03. The monoisotopic (exact) mass is 301 g/mol. The molecule has 0 aliphatic rings. The Morgan fingerprint density at radius 1 is 1.40 bits per heavy atom. The molecule has 0 saturated carbocycles. The van der Waals surface area contributed by atoms with E-state index < -0.39 is 26.2 Å². The average Bonchev–Trinajstić information content (AvgIpc) is 2.36. The van der Waals surface area contributed by atoms with Crippen molar-refractivity contribution in [3.05, 3.63) is 28.3 Å². The third-order valence-corrected chi connectivity index (χ3v) is 5.67. The first-order chi connectivity index (χ1) is 9.05. The molecule has 0 fully saturated rings. The van der Waals surface area contributed by atoms with E-state index in [1.54, 1.807) is 13.8 Å². The van der Waals surface area contributed by atoms with E-state index in [1.165, 1.54) is 25.2 Å². The molecule has 8 heteroatoms. The fourth-order valence-electron chi connectivity index (χ4n) is 1.64. The molecule has 1 aromatic rings. The van der Waals surface area contributed by atoms with Crippen LogP contribution < -0.4 is 5.73 Å². The van der Waals surface area contributed by atoms with Crippen molar-refractivity contribution in [2.24, 2.45) is 0 Å². The number of hydrogen-bond acceptors (Lipinski definition) is 5. The van der Waals surface area contributed by atoms with Gasteiger partial charge < -0.3 is 5.73 Å². The Labute approximate surface area is 118 Å². The number of benzene rings is 1. The van der Waals surface area contributed by atoms with Crippen LogP contribution in [0, 0.1) is 10.1 Å². The van der Waals surface area contributed by atoms with Crippen LogP contribution in [0.3, 0.4) is 0 Å². The molecular formula is C12H19N3O4S. The van der Waals surface area contributed by atoms with Crippen molar-refractivity contribution in [1.82, 2.24) is 4.31 Å². The first-order valence-corrected chi connectivity index (χ1v) is 7.51. The van der Waals surface area contributed by atoms with Gasteiger partial charge in [-0.1, -0.05) is 13.0 Å². The number of nitro benzene ring substituents is 1. The maximum atomic E-state index is 12.6. The van der Waals surface area contributed by atoms with Gasteiger partial charge in [0.25, 0.3) is 0 Å². The molecular weight excluding hydrogens is 282 g/mol. The number of nitrogens with two attached hydrogens (primary N) is 1. The van der Waals surface area contributed by atoms with Gasteiger partial charge in [-0.2, -0.15) is 4.31 Å². The molecule has 0 aliphatic carbocycles. The number of sulfonamides is 1. The summed E-state index contributed by atoms with van der Waals surface area (Å²) in [5, 5.41) is 11.1. The van der Waals surface area contributed by atoms with Crippen molar-refractivity contribution in [2.75, 3.05) is 12.8 Å². The zero-order valence-electron chi connectivity index (χ0n) is 12.0. The number of rotatable bonds is 5. The SMILES string of the molecule is CCC(C)(C)N(C)S(=O)(=O)c1cccc(N)c1[N+](=O)[O-]. The second-order valence-electron chi connectivity index (χ2n) is 5.09. The van der Waals surface area contributed by atoms with Gasteiger partial charge in [-0.15, -0.1) is 0 Å². The van der Waals surface area contributed by atoms with Crippen LogP contribution in [-0.4, -0.2) is 30.2 Å². The smallest absolute Gasteiger partial charge is 0.312 e. The number of anilines is 1. The van der Waals surface area contributed by atoms with Gasteiger partial charge in [-0.05, 0) is 32.4 Å². The van der Waals surface area contributed by atoms with Gasteiger partial charge in [0.2, 0.25) is 10.0 Å². The summed E-state index contributed by atoms with van der Waals surface area (Å²) in [7, 11) is -2.59. The molecule has 0 amide bonds. The fraction of sp³-hybridized carbons (Fsp3) is 0.500. The summed E-state index contributed by atoms with van der Waals surface area (Å²) in [6.45, 7) is 5.35. The summed E-state index contributed by atoms with van der Waals surface area (Å²) in [5.41, 5.74) is 4.14. The highest BCUT2D eigenvalue weighted by atomic mass is 32.2. The quantitative estimate of drug-likeness (QED) is 0.508. The highest BCUT2D eigenvalue weighted by Gasteiger charge is 2.37. The van der Waals surface area contributed by atoms with Gasteiger partial charge in [-0.3, -0.25) is 10.1 Å². The molecule has 0 bridgehead atoms. The number of nitrogen functional groups attached to an aromatic ring is 1. The minimum Gasteiger partial charge on any atom is -0.393 e. The molecule has 1 rings (SSSR count). The molecule has 0 heterocycles. The van der Waals surface area contributed by atoms with E-state index in [2.05, 4.69) is 0 Å². The van der Waals surface area contributed by atoms with Crippen LogP contribution in [0.5, 0.6) is 0 Å². The van der Waals surface area contributed by atoms with E-state index in [-0.39, 0.29) is 10.6 Å². The third-order valence-electron chi connectivity index (χ3n) is 3.57. The highest BCUT2D eigenvalue weighted by Crippen LogP contribution is 2.34. The Kier molecular flexibility index (Phi) is 4.40. The maximum absolute atomic E-state index is 12.6. The van der Waals surface area contributed by atoms with E-state index >= 15 is 0 Å². The zero-order valence-corrected chi connectivity index (χ0v) is 12.8. The molecule has 0 aliphatic heterocycles. The Hall–Kier alpha value is -1.67. The van der Waals surface area contributed by atoms with E-state index in [4.69, 9.17) is 5.73 Å². The van der Waals surface area contributed by atoms with E-state index in [0.717, 1.165) is 4.31 Å². The van der Waals surface area contributed by atoms with Crippen molar-refractivity contribution in [1.29, 1.82) is 0 Å². The number of nitro groups is 1. The third kappa shape index (κ3) is 2.75. The molecule has 20 heavy (non-hydrogen) atoms. The predicted octanol–water partition coefficient (Wildman–Crippen LogP) is 1.99. The summed E-state index contributed by atoms with van der Waals surface area (Å²) in [5.74, 6) is 0. The molecule has 0 unspecified atom stereocenters. The van der Waals surface area contributed by atoms with E-state index in [1.807, 2.05) is 6.92 Å². The minimum absolute atomic E-state index is 0.168. The van der Waals surface area contributed by atoms with Crippen molar-refractivity contribution >= 4 is 21.4 Å². The summed E-state index contributed by atoms with van der Waals surface area (Å²) >= 11 is 0. The Balaban J connectivity index is 3.52. The lowest BCUT2D eigenvalue weighted by atomic mass is 10.0. The average molecular weight is 301 g/mol. The Morgan fingerprint density at radius 2 is 1.95 bits per heavy atom.